The molecule has 1 amide bonds. The van der Waals surface area contributed by atoms with E-state index >= 15 is 0 Å². The molecule has 0 bridgehead atoms. The van der Waals surface area contributed by atoms with Crippen LogP contribution in [0, 0.1) is 11.6 Å². The smallest absolute Gasteiger partial charge is 0.241 e. The van der Waals surface area contributed by atoms with Crippen LogP contribution in [0.25, 0.3) is 0 Å². The van der Waals surface area contributed by atoms with Gasteiger partial charge in [-0.25, -0.2) is 8.78 Å². The molecule has 0 aromatic heterocycles. The fraction of sp³-hybridized carbons (Fsp3) is 0.133. The average molecular weight is 292 g/mol. The van der Waals surface area contributed by atoms with Crippen molar-refractivity contribution in [3.05, 3.63) is 59.7 Å². The molecule has 2 aromatic carbocycles. The molecule has 0 saturated carbocycles. The highest BCUT2D eigenvalue weighted by molar-refractivity contribution is 5.94. The fourth-order valence-corrected chi connectivity index (χ4v) is 1.79. The zero-order chi connectivity index (χ0) is 15.4. The van der Waals surface area contributed by atoms with Crippen molar-refractivity contribution in [1.29, 1.82) is 0 Å². The molecule has 0 aliphatic rings. The largest absolute Gasteiger partial charge is 0.508 e. The minimum Gasteiger partial charge on any atom is -0.508 e. The van der Waals surface area contributed by atoms with E-state index in [0.29, 0.717) is 6.07 Å². The maximum Gasteiger partial charge on any atom is 0.241 e. The van der Waals surface area contributed by atoms with Crippen LogP contribution in [0.2, 0.25) is 0 Å². The number of phenolic OH excluding ortho intramolecular Hbond substituents is 1. The predicted octanol–water partition coefficient (Wildman–Crippen LogP) is 2.18. The molecule has 0 spiro atoms. The van der Waals surface area contributed by atoms with Crippen LogP contribution in [0.15, 0.2) is 42.5 Å². The Morgan fingerprint density at radius 1 is 1.19 bits per heavy atom. The van der Waals surface area contributed by atoms with Gasteiger partial charge in [0.1, 0.15) is 17.4 Å². The molecule has 0 radical (unpaired) electrons. The van der Waals surface area contributed by atoms with Crippen LogP contribution in [0.4, 0.5) is 14.5 Å². The SMILES string of the molecule is NC(Cc1ccc(O)cc1)C(=O)Nc1ccc(F)cc1F. The Kier molecular flexibility index (Phi) is 4.49. The Morgan fingerprint density at radius 2 is 1.86 bits per heavy atom. The van der Waals surface area contributed by atoms with Gasteiger partial charge >= 0.3 is 0 Å². The Labute approximate surface area is 120 Å². The third-order valence-electron chi connectivity index (χ3n) is 2.92. The first-order valence-corrected chi connectivity index (χ1v) is 6.25. The molecule has 0 heterocycles. The van der Waals surface area contributed by atoms with E-state index < -0.39 is 23.6 Å². The monoisotopic (exact) mass is 292 g/mol. The summed E-state index contributed by atoms with van der Waals surface area (Å²) in [6, 6.07) is 8.22. The number of hydrogen-bond acceptors (Lipinski definition) is 3. The Morgan fingerprint density at radius 3 is 2.48 bits per heavy atom. The topological polar surface area (TPSA) is 75.3 Å². The van der Waals surface area contributed by atoms with Crippen molar-refractivity contribution >= 4 is 11.6 Å². The number of hydrogen-bond donors (Lipinski definition) is 3. The lowest BCUT2D eigenvalue weighted by atomic mass is 10.1. The summed E-state index contributed by atoms with van der Waals surface area (Å²) in [6.45, 7) is 0. The number of phenols is 1. The Hall–Kier alpha value is -2.47. The third-order valence-corrected chi connectivity index (χ3v) is 2.92. The first-order chi connectivity index (χ1) is 9.95. The highest BCUT2D eigenvalue weighted by atomic mass is 19.1. The van der Waals surface area contributed by atoms with Gasteiger partial charge in [-0.3, -0.25) is 4.79 Å². The molecule has 0 saturated heterocycles. The van der Waals surface area contributed by atoms with Crippen molar-refractivity contribution < 1.29 is 18.7 Å². The van der Waals surface area contributed by atoms with Gasteiger partial charge in [-0.1, -0.05) is 12.1 Å². The quantitative estimate of drug-likeness (QED) is 0.808. The van der Waals surface area contributed by atoms with Gasteiger partial charge in [0.2, 0.25) is 5.91 Å². The number of nitrogens with one attached hydrogen (secondary N) is 1. The maximum atomic E-state index is 13.4. The lowest BCUT2D eigenvalue weighted by Crippen LogP contribution is -2.37. The van der Waals surface area contributed by atoms with Crippen molar-refractivity contribution in [2.45, 2.75) is 12.5 Å². The van der Waals surface area contributed by atoms with E-state index in [1.54, 1.807) is 12.1 Å². The number of aromatic hydroxyl groups is 1. The molecular weight excluding hydrogens is 278 g/mol. The van der Waals surface area contributed by atoms with Gasteiger partial charge in [0.05, 0.1) is 11.7 Å². The number of amides is 1. The zero-order valence-electron chi connectivity index (χ0n) is 11.0. The van der Waals surface area contributed by atoms with Crippen molar-refractivity contribution in [1.82, 2.24) is 0 Å². The molecular formula is C15H14F2N2O2. The summed E-state index contributed by atoms with van der Waals surface area (Å²) in [5.74, 6) is -2.04. The van der Waals surface area contributed by atoms with Crippen LogP contribution in [0.3, 0.4) is 0 Å². The van der Waals surface area contributed by atoms with Crippen molar-refractivity contribution in [3.63, 3.8) is 0 Å². The van der Waals surface area contributed by atoms with Crippen molar-refractivity contribution in [3.8, 4) is 5.75 Å². The normalized spacial score (nSPS) is 12.0. The number of benzene rings is 2. The van der Waals surface area contributed by atoms with Gasteiger partial charge in [0, 0.05) is 6.07 Å². The first kappa shape index (κ1) is 14.9. The highest BCUT2D eigenvalue weighted by Crippen LogP contribution is 2.16. The second-order valence-electron chi connectivity index (χ2n) is 4.59. The lowest BCUT2D eigenvalue weighted by molar-refractivity contribution is -0.117. The summed E-state index contributed by atoms with van der Waals surface area (Å²) in [5.41, 5.74) is 6.38. The van der Waals surface area contributed by atoms with Gasteiger partial charge < -0.3 is 16.2 Å². The van der Waals surface area contributed by atoms with E-state index in [1.165, 1.54) is 12.1 Å². The average Bonchev–Trinajstić information content (AvgIpc) is 2.44. The van der Waals surface area contributed by atoms with Crippen LogP contribution in [-0.4, -0.2) is 17.1 Å². The van der Waals surface area contributed by atoms with Gasteiger partial charge in [0.15, 0.2) is 0 Å². The third kappa shape index (κ3) is 4.00. The summed E-state index contributed by atoms with van der Waals surface area (Å²) in [5, 5.41) is 11.5. The summed E-state index contributed by atoms with van der Waals surface area (Å²) in [6.07, 6.45) is 0.231. The van der Waals surface area contributed by atoms with Gasteiger partial charge in [0.25, 0.3) is 0 Å². The molecule has 6 heteroatoms. The number of nitrogens with two attached hydrogens (primary N) is 1. The van der Waals surface area contributed by atoms with E-state index in [-0.39, 0.29) is 17.9 Å². The fourth-order valence-electron chi connectivity index (χ4n) is 1.79. The number of carbonyl (C=O) groups excluding carboxylic acids is 1. The summed E-state index contributed by atoms with van der Waals surface area (Å²) in [4.78, 5) is 11.9. The standard InChI is InChI=1S/C15H14F2N2O2/c16-10-3-6-14(12(17)8-10)19-15(21)13(18)7-9-1-4-11(20)5-2-9/h1-6,8,13,20H,7,18H2,(H,19,21). The van der Waals surface area contributed by atoms with E-state index in [0.717, 1.165) is 17.7 Å². The predicted molar refractivity (Wildman–Crippen MR) is 74.8 cm³/mol. The van der Waals surface area contributed by atoms with Crippen LogP contribution in [0.1, 0.15) is 5.56 Å². The maximum absolute atomic E-state index is 13.4. The second-order valence-corrected chi connectivity index (χ2v) is 4.59. The molecule has 1 unspecified atom stereocenters. The van der Waals surface area contributed by atoms with E-state index in [1.807, 2.05) is 0 Å². The molecule has 0 fully saturated rings. The van der Waals surface area contributed by atoms with Crippen molar-refractivity contribution in [2.24, 2.45) is 5.73 Å². The van der Waals surface area contributed by atoms with Crippen LogP contribution >= 0.6 is 0 Å². The first-order valence-electron chi connectivity index (χ1n) is 6.25. The minimum atomic E-state index is -0.890. The van der Waals surface area contributed by atoms with E-state index in [2.05, 4.69) is 5.32 Å². The van der Waals surface area contributed by atoms with Crippen LogP contribution < -0.4 is 11.1 Å². The number of carbonyl (C=O) groups is 1. The molecule has 4 nitrogen and oxygen atoms in total. The second kappa shape index (κ2) is 6.32. The summed E-state index contributed by atoms with van der Waals surface area (Å²) in [7, 11) is 0. The summed E-state index contributed by atoms with van der Waals surface area (Å²) >= 11 is 0. The van der Waals surface area contributed by atoms with Gasteiger partial charge in [-0.05, 0) is 36.2 Å². The number of anilines is 1. The van der Waals surface area contributed by atoms with Crippen LogP contribution in [-0.2, 0) is 11.2 Å². The van der Waals surface area contributed by atoms with Crippen LogP contribution in [0.5, 0.6) is 5.75 Å². The number of rotatable bonds is 4. The Balaban J connectivity index is 2.00. The molecule has 21 heavy (non-hydrogen) atoms. The summed E-state index contributed by atoms with van der Waals surface area (Å²) < 4.78 is 26.2. The highest BCUT2D eigenvalue weighted by Gasteiger charge is 2.16. The lowest BCUT2D eigenvalue weighted by Gasteiger charge is -2.13. The van der Waals surface area contributed by atoms with Crippen molar-refractivity contribution in [2.75, 3.05) is 5.32 Å². The molecule has 110 valence electrons. The van der Waals surface area contributed by atoms with Gasteiger partial charge in [-0.15, -0.1) is 0 Å². The van der Waals surface area contributed by atoms with Gasteiger partial charge in [-0.2, -0.15) is 0 Å². The molecule has 2 rings (SSSR count). The van der Waals surface area contributed by atoms with E-state index in [4.69, 9.17) is 10.8 Å². The molecule has 0 aliphatic heterocycles. The zero-order valence-corrected chi connectivity index (χ0v) is 11.0. The number of halogens is 2. The molecule has 1 atom stereocenters. The molecule has 2 aromatic rings. The van der Waals surface area contributed by atoms with E-state index in [9.17, 15) is 13.6 Å². The molecule has 0 aliphatic carbocycles. The minimum absolute atomic E-state index is 0.116. The Bertz CT molecular complexity index is 645. The molecule has 4 N–H and O–H groups in total.